The highest BCUT2D eigenvalue weighted by Gasteiger charge is 2.20. The molecule has 0 atom stereocenters. The third-order valence-electron chi connectivity index (χ3n) is 2.96. The van der Waals surface area contributed by atoms with Gasteiger partial charge in [-0.3, -0.25) is 0 Å². The van der Waals surface area contributed by atoms with Gasteiger partial charge in [-0.25, -0.2) is 18.4 Å². The highest BCUT2D eigenvalue weighted by molar-refractivity contribution is 7.91. The molecule has 0 amide bonds. The molecule has 0 aromatic carbocycles. The van der Waals surface area contributed by atoms with Crippen molar-refractivity contribution in [2.75, 3.05) is 36.0 Å². The SMILES string of the molecule is NCCc1cnc(N2CCCS(=O)(=O)CC2)nc1. The largest absolute Gasteiger partial charge is 0.340 e. The third kappa shape index (κ3) is 3.39. The van der Waals surface area contributed by atoms with E-state index in [0.29, 0.717) is 32.0 Å². The lowest BCUT2D eigenvalue weighted by Gasteiger charge is -2.19. The summed E-state index contributed by atoms with van der Waals surface area (Å²) >= 11 is 0. The fraction of sp³-hybridized carbons (Fsp3) is 0.636. The van der Waals surface area contributed by atoms with E-state index in [0.717, 1.165) is 12.0 Å². The molecule has 1 aromatic rings. The van der Waals surface area contributed by atoms with Crippen molar-refractivity contribution in [1.29, 1.82) is 0 Å². The number of anilines is 1. The number of hydrogen-bond donors (Lipinski definition) is 1. The first-order valence-electron chi connectivity index (χ1n) is 6.07. The Morgan fingerprint density at radius 1 is 1.22 bits per heavy atom. The second kappa shape index (κ2) is 5.62. The molecule has 0 unspecified atom stereocenters. The predicted octanol–water partition coefficient (Wildman–Crippen LogP) is -0.397. The predicted molar refractivity (Wildman–Crippen MR) is 70.3 cm³/mol. The van der Waals surface area contributed by atoms with Crippen LogP contribution >= 0.6 is 0 Å². The topological polar surface area (TPSA) is 89.2 Å². The lowest BCUT2D eigenvalue weighted by Crippen LogP contribution is -2.28. The lowest BCUT2D eigenvalue weighted by atomic mass is 10.2. The first kappa shape index (κ1) is 13.2. The van der Waals surface area contributed by atoms with Crippen LogP contribution in [-0.4, -0.2) is 49.5 Å². The number of hydrogen-bond acceptors (Lipinski definition) is 6. The highest BCUT2D eigenvalue weighted by atomic mass is 32.2. The summed E-state index contributed by atoms with van der Waals surface area (Å²) in [5.74, 6) is 1.04. The summed E-state index contributed by atoms with van der Waals surface area (Å²) in [4.78, 5) is 10.5. The van der Waals surface area contributed by atoms with Gasteiger partial charge in [-0.1, -0.05) is 0 Å². The summed E-state index contributed by atoms with van der Waals surface area (Å²) < 4.78 is 23.0. The summed E-state index contributed by atoms with van der Waals surface area (Å²) in [7, 11) is -2.89. The molecule has 0 spiro atoms. The summed E-state index contributed by atoms with van der Waals surface area (Å²) in [6.45, 7) is 1.73. The van der Waals surface area contributed by atoms with Crippen LogP contribution in [-0.2, 0) is 16.3 Å². The van der Waals surface area contributed by atoms with Crippen LogP contribution in [0.3, 0.4) is 0 Å². The number of nitrogens with two attached hydrogens (primary N) is 1. The van der Waals surface area contributed by atoms with Crippen molar-refractivity contribution in [2.24, 2.45) is 5.73 Å². The number of aromatic nitrogens is 2. The quantitative estimate of drug-likeness (QED) is 0.804. The van der Waals surface area contributed by atoms with Crippen molar-refractivity contribution < 1.29 is 8.42 Å². The zero-order chi connectivity index (χ0) is 13.0. The lowest BCUT2D eigenvalue weighted by molar-refractivity contribution is 0.597. The second-order valence-electron chi connectivity index (χ2n) is 4.42. The Hall–Kier alpha value is -1.21. The van der Waals surface area contributed by atoms with Crippen molar-refractivity contribution in [3.05, 3.63) is 18.0 Å². The van der Waals surface area contributed by atoms with Gasteiger partial charge in [0.25, 0.3) is 0 Å². The normalized spacial score (nSPS) is 19.5. The van der Waals surface area contributed by atoms with Gasteiger partial charge >= 0.3 is 0 Å². The maximum absolute atomic E-state index is 11.5. The van der Waals surface area contributed by atoms with E-state index >= 15 is 0 Å². The Morgan fingerprint density at radius 3 is 2.61 bits per heavy atom. The summed E-state index contributed by atoms with van der Waals surface area (Å²) in [6.07, 6.45) is 4.91. The van der Waals surface area contributed by atoms with Crippen molar-refractivity contribution in [3.63, 3.8) is 0 Å². The molecule has 1 aromatic heterocycles. The summed E-state index contributed by atoms with van der Waals surface area (Å²) in [6, 6.07) is 0. The molecule has 0 radical (unpaired) electrons. The van der Waals surface area contributed by atoms with Gasteiger partial charge in [-0.2, -0.15) is 0 Å². The molecule has 2 N–H and O–H groups in total. The van der Waals surface area contributed by atoms with Crippen molar-refractivity contribution in [3.8, 4) is 0 Å². The van der Waals surface area contributed by atoms with Gasteiger partial charge < -0.3 is 10.6 Å². The Labute approximate surface area is 107 Å². The molecule has 2 rings (SSSR count). The van der Waals surface area contributed by atoms with Gasteiger partial charge in [0, 0.05) is 25.5 Å². The molecular weight excluding hydrogens is 252 g/mol. The molecule has 7 heteroatoms. The van der Waals surface area contributed by atoms with Gasteiger partial charge in [0.05, 0.1) is 11.5 Å². The molecule has 0 aliphatic carbocycles. The van der Waals surface area contributed by atoms with E-state index in [9.17, 15) is 8.42 Å². The molecule has 1 aliphatic heterocycles. The Bertz CT molecular complexity index is 486. The number of rotatable bonds is 3. The van der Waals surface area contributed by atoms with Crippen molar-refractivity contribution in [1.82, 2.24) is 9.97 Å². The average Bonchev–Trinajstić information content (AvgIpc) is 2.52. The minimum atomic E-state index is -2.89. The van der Waals surface area contributed by atoms with E-state index in [1.165, 1.54) is 0 Å². The third-order valence-corrected chi connectivity index (χ3v) is 4.68. The van der Waals surface area contributed by atoms with Crippen LogP contribution < -0.4 is 10.6 Å². The van der Waals surface area contributed by atoms with E-state index in [1.54, 1.807) is 12.4 Å². The van der Waals surface area contributed by atoms with Crippen LogP contribution in [0.15, 0.2) is 12.4 Å². The molecule has 6 nitrogen and oxygen atoms in total. The monoisotopic (exact) mass is 270 g/mol. The van der Waals surface area contributed by atoms with Crippen LogP contribution in [0, 0.1) is 0 Å². The van der Waals surface area contributed by atoms with Gasteiger partial charge in [0.15, 0.2) is 9.84 Å². The van der Waals surface area contributed by atoms with E-state index in [-0.39, 0.29) is 11.5 Å². The molecule has 1 aliphatic rings. The fourth-order valence-electron chi connectivity index (χ4n) is 1.95. The molecule has 18 heavy (non-hydrogen) atoms. The van der Waals surface area contributed by atoms with Crippen molar-refractivity contribution >= 4 is 15.8 Å². The molecule has 1 fully saturated rings. The average molecular weight is 270 g/mol. The van der Waals surface area contributed by atoms with E-state index < -0.39 is 9.84 Å². The molecule has 0 saturated carbocycles. The van der Waals surface area contributed by atoms with Crippen molar-refractivity contribution in [2.45, 2.75) is 12.8 Å². The second-order valence-corrected chi connectivity index (χ2v) is 6.73. The summed E-state index contributed by atoms with van der Waals surface area (Å²) in [5.41, 5.74) is 6.46. The van der Waals surface area contributed by atoms with Crippen LogP contribution in [0.25, 0.3) is 0 Å². The minimum Gasteiger partial charge on any atom is -0.340 e. The zero-order valence-corrected chi connectivity index (χ0v) is 11.1. The van der Waals surface area contributed by atoms with Gasteiger partial charge in [0.1, 0.15) is 0 Å². The Balaban J connectivity index is 2.07. The molecule has 1 saturated heterocycles. The van der Waals surface area contributed by atoms with E-state index in [2.05, 4.69) is 9.97 Å². The van der Waals surface area contributed by atoms with E-state index in [1.807, 2.05) is 4.90 Å². The van der Waals surface area contributed by atoms with Crippen LogP contribution in [0.2, 0.25) is 0 Å². The van der Waals surface area contributed by atoms with Crippen LogP contribution in [0.4, 0.5) is 5.95 Å². The summed E-state index contributed by atoms with van der Waals surface area (Å²) in [5, 5.41) is 0. The molecule has 2 heterocycles. The van der Waals surface area contributed by atoms with Crippen LogP contribution in [0.1, 0.15) is 12.0 Å². The Kier molecular flexibility index (Phi) is 4.13. The maximum Gasteiger partial charge on any atom is 0.225 e. The van der Waals surface area contributed by atoms with Gasteiger partial charge in [-0.15, -0.1) is 0 Å². The minimum absolute atomic E-state index is 0.181. The smallest absolute Gasteiger partial charge is 0.225 e. The standard InChI is InChI=1S/C11H18N4O2S/c12-3-2-10-8-13-11(14-9-10)15-4-1-6-18(16,17)7-5-15/h8-9H,1-7,12H2. The fourth-order valence-corrected chi connectivity index (χ4v) is 3.22. The van der Waals surface area contributed by atoms with E-state index in [4.69, 9.17) is 5.73 Å². The molecular formula is C11H18N4O2S. The Morgan fingerprint density at radius 2 is 1.94 bits per heavy atom. The van der Waals surface area contributed by atoms with Crippen LogP contribution in [0.5, 0.6) is 0 Å². The first-order chi connectivity index (χ1) is 8.61. The highest BCUT2D eigenvalue weighted by Crippen LogP contribution is 2.12. The number of sulfone groups is 1. The van der Waals surface area contributed by atoms with Gasteiger partial charge in [0.2, 0.25) is 5.95 Å². The molecule has 0 bridgehead atoms. The first-order valence-corrected chi connectivity index (χ1v) is 7.89. The maximum atomic E-state index is 11.5. The zero-order valence-electron chi connectivity index (χ0n) is 10.2. The molecule has 100 valence electrons. The van der Waals surface area contributed by atoms with Gasteiger partial charge in [-0.05, 0) is 24.9 Å². The number of nitrogens with zero attached hydrogens (tertiary/aromatic N) is 3.